The molecule has 0 saturated carbocycles. The highest BCUT2D eigenvalue weighted by atomic mass is 32.2. The van der Waals surface area contributed by atoms with Crippen molar-refractivity contribution in [3.8, 4) is 5.75 Å². The number of amides is 3. The molecule has 0 aromatic heterocycles. The van der Waals surface area contributed by atoms with Crippen molar-refractivity contribution >= 4 is 46.3 Å². The van der Waals surface area contributed by atoms with Crippen molar-refractivity contribution < 1.29 is 33.2 Å². The van der Waals surface area contributed by atoms with Crippen LogP contribution in [0.1, 0.15) is 5.56 Å². The van der Waals surface area contributed by atoms with Crippen LogP contribution in [0.5, 0.6) is 5.75 Å². The van der Waals surface area contributed by atoms with Gasteiger partial charge in [-0.05, 0) is 41.6 Å². The van der Waals surface area contributed by atoms with E-state index in [2.05, 4.69) is 5.32 Å². The molecular formula is C18H11F2N3O6S. The monoisotopic (exact) mass is 435 g/mol. The summed E-state index contributed by atoms with van der Waals surface area (Å²) in [7, 11) is 0. The number of nitro benzene ring substituents is 1. The lowest BCUT2D eigenvalue weighted by atomic mass is 10.1. The summed E-state index contributed by atoms with van der Waals surface area (Å²) < 4.78 is 26.5. The van der Waals surface area contributed by atoms with E-state index in [1.165, 1.54) is 12.1 Å². The molecule has 1 aliphatic rings. The second kappa shape index (κ2) is 8.29. The largest absolute Gasteiger partial charge is 0.502 e. The zero-order valence-electron chi connectivity index (χ0n) is 14.8. The molecule has 0 spiro atoms. The maximum atomic E-state index is 13.6. The molecule has 1 aliphatic heterocycles. The molecular weight excluding hydrogens is 424 g/mol. The number of hydrogen-bond donors (Lipinski definition) is 2. The van der Waals surface area contributed by atoms with Crippen molar-refractivity contribution in [3.05, 3.63) is 68.6 Å². The number of benzene rings is 2. The van der Waals surface area contributed by atoms with Gasteiger partial charge in [0.05, 0.1) is 15.5 Å². The summed E-state index contributed by atoms with van der Waals surface area (Å²) in [5.41, 5.74) is -0.716. The molecule has 0 aliphatic carbocycles. The molecule has 154 valence electrons. The van der Waals surface area contributed by atoms with Gasteiger partial charge in [0.2, 0.25) is 5.91 Å². The number of carbonyl (C=O) groups is 3. The topological polar surface area (TPSA) is 130 Å². The van der Waals surface area contributed by atoms with Gasteiger partial charge in [0.1, 0.15) is 18.2 Å². The molecule has 2 aromatic carbocycles. The van der Waals surface area contributed by atoms with Crippen molar-refractivity contribution in [2.45, 2.75) is 0 Å². The molecule has 0 atom stereocenters. The normalized spacial score (nSPS) is 15.0. The van der Waals surface area contributed by atoms with Gasteiger partial charge in [-0.15, -0.1) is 0 Å². The van der Waals surface area contributed by atoms with Crippen LogP contribution in [-0.4, -0.2) is 38.5 Å². The van der Waals surface area contributed by atoms with Crippen LogP contribution in [0.2, 0.25) is 0 Å². The van der Waals surface area contributed by atoms with E-state index in [-0.39, 0.29) is 16.2 Å². The second-order valence-corrected chi connectivity index (χ2v) is 6.94. The zero-order chi connectivity index (χ0) is 22.0. The Bertz CT molecular complexity index is 1120. The lowest BCUT2D eigenvalue weighted by Crippen LogP contribution is -2.36. The molecule has 2 N–H and O–H groups in total. The smallest absolute Gasteiger partial charge is 0.311 e. The Morgan fingerprint density at radius 1 is 1.23 bits per heavy atom. The molecule has 30 heavy (non-hydrogen) atoms. The van der Waals surface area contributed by atoms with Gasteiger partial charge in [-0.2, -0.15) is 0 Å². The third kappa shape index (κ3) is 4.43. The van der Waals surface area contributed by atoms with Gasteiger partial charge in [0, 0.05) is 12.1 Å². The van der Waals surface area contributed by atoms with Crippen molar-refractivity contribution in [2.75, 3.05) is 11.9 Å². The number of anilines is 1. The van der Waals surface area contributed by atoms with E-state index in [0.29, 0.717) is 22.7 Å². The molecule has 1 saturated heterocycles. The molecule has 3 rings (SSSR count). The molecule has 1 heterocycles. The number of halogens is 2. The summed E-state index contributed by atoms with van der Waals surface area (Å²) in [5, 5.41) is 21.7. The third-order valence-corrected chi connectivity index (χ3v) is 4.78. The SMILES string of the molecule is O=C(CN1C(=O)SC(=Cc2ccc(O)c([N+](=O)[O-])c2)C1=O)Nc1ccc(F)cc1F. The first-order valence-corrected chi connectivity index (χ1v) is 8.95. The summed E-state index contributed by atoms with van der Waals surface area (Å²) in [5.74, 6) is -4.13. The molecule has 0 unspecified atom stereocenters. The Hall–Kier alpha value is -3.80. The number of hydrogen-bond acceptors (Lipinski definition) is 7. The summed E-state index contributed by atoms with van der Waals surface area (Å²) in [6.45, 7) is -0.714. The van der Waals surface area contributed by atoms with E-state index in [9.17, 15) is 38.4 Å². The van der Waals surface area contributed by atoms with E-state index in [1.807, 2.05) is 0 Å². The number of nitro groups is 1. The summed E-state index contributed by atoms with van der Waals surface area (Å²) >= 11 is 0.511. The number of nitrogens with zero attached hydrogens (tertiary/aromatic N) is 2. The first kappa shape index (κ1) is 20.9. The number of phenols is 1. The van der Waals surface area contributed by atoms with Gasteiger partial charge in [0.25, 0.3) is 11.1 Å². The number of carbonyl (C=O) groups excluding carboxylic acids is 3. The minimum Gasteiger partial charge on any atom is -0.502 e. The van der Waals surface area contributed by atoms with Gasteiger partial charge >= 0.3 is 5.69 Å². The molecule has 0 radical (unpaired) electrons. The predicted molar refractivity (Wildman–Crippen MR) is 102 cm³/mol. The van der Waals surface area contributed by atoms with Crippen LogP contribution < -0.4 is 5.32 Å². The fourth-order valence-electron chi connectivity index (χ4n) is 2.49. The van der Waals surface area contributed by atoms with Gasteiger partial charge < -0.3 is 10.4 Å². The first-order valence-electron chi connectivity index (χ1n) is 8.13. The fourth-order valence-corrected chi connectivity index (χ4v) is 3.33. The number of thioether (sulfide) groups is 1. The van der Waals surface area contributed by atoms with Crippen LogP contribution in [0.15, 0.2) is 41.3 Å². The van der Waals surface area contributed by atoms with E-state index >= 15 is 0 Å². The summed E-state index contributed by atoms with van der Waals surface area (Å²) in [6.07, 6.45) is 1.20. The molecule has 12 heteroatoms. The van der Waals surface area contributed by atoms with E-state index in [1.54, 1.807) is 0 Å². The minimum atomic E-state index is -1.02. The predicted octanol–water partition coefficient (Wildman–Crippen LogP) is 3.25. The lowest BCUT2D eigenvalue weighted by Gasteiger charge is -2.12. The third-order valence-electron chi connectivity index (χ3n) is 3.87. The molecule has 0 bridgehead atoms. The second-order valence-electron chi connectivity index (χ2n) is 5.95. The Morgan fingerprint density at radius 3 is 2.63 bits per heavy atom. The highest BCUT2D eigenvalue weighted by Crippen LogP contribution is 2.34. The number of phenolic OH excluding ortho intramolecular Hbond substituents is 1. The maximum absolute atomic E-state index is 13.6. The van der Waals surface area contributed by atoms with E-state index < -0.39 is 51.6 Å². The van der Waals surface area contributed by atoms with Crippen LogP contribution in [0.25, 0.3) is 6.08 Å². The molecule has 2 aromatic rings. The van der Waals surface area contributed by atoms with E-state index in [0.717, 1.165) is 24.3 Å². The molecule has 1 fully saturated rings. The van der Waals surface area contributed by atoms with Crippen molar-refractivity contribution in [3.63, 3.8) is 0 Å². The summed E-state index contributed by atoms with van der Waals surface area (Å²) in [6, 6.07) is 5.88. The van der Waals surface area contributed by atoms with Crippen molar-refractivity contribution in [1.29, 1.82) is 0 Å². The average molecular weight is 435 g/mol. The maximum Gasteiger partial charge on any atom is 0.311 e. The lowest BCUT2D eigenvalue weighted by molar-refractivity contribution is -0.385. The standard InChI is InChI=1S/C18H11F2N3O6S/c19-10-2-3-12(11(20)7-10)21-16(25)8-22-17(26)15(30-18(22)27)6-9-1-4-14(24)13(5-9)23(28)29/h1-7,24H,8H2,(H,21,25). The van der Waals surface area contributed by atoms with E-state index in [4.69, 9.17) is 0 Å². The Balaban J connectivity index is 1.74. The zero-order valence-corrected chi connectivity index (χ0v) is 15.6. The van der Waals surface area contributed by atoms with Crippen LogP contribution in [0, 0.1) is 21.7 Å². The van der Waals surface area contributed by atoms with Crippen molar-refractivity contribution in [2.24, 2.45) is 0 Å². The van der Waals surface area contributed by atoms with Crippen LogP contribution in [-0.2, 0) is 9.59 Å². The highest BCUT2D eigenvalue weighted by molar-refractivity contribution is 8.18. The van der Waals surface area contributed by atoms with Gasteiger partial charge in [-0.3, -0.25) is 29.4 Å². The van der Waals surface area contributed by atoms with Crippen molar-refractivity contribution in [1.82, 2.24) is 4.90 Å². The minimum absolute atomic E-state index is 0.0965. The summed E-state index contributed by atoms with van der Waals surface area (Å²) in [4.78, 5) is 47.2. The van der Waals surface area contributed by atoms with Gasteiger partial charge in [-0.1, -0.05) is 6.07 Å². The number of nitrogens with one attached hydrogen (secondary N) is 1. The number of imide groups is 1. The first-order chi connectivity index (χ1) is 14.2. The van der Waals surface area contributed by atoms with Crippen LogP contribution >= 0.6 is 11.8 Å². The average Bonchev–Trinajstić information content (AvgIpc) is 2.92. The Kier molecular flexibility index (Phi) is 5.78. The highest BCUT2D eigenvalue weighted by Gasteiger charge is 2.36. The molecule has 9 nitrogen and oxygen atoms in total. The Labute approximate surface area is 171 Å². The number of rotatable bonds is 5. The van der Waals surface area contributed by atoms with Gasteiger partial charge in [-0.25, -0.2) is 8.78 Å². The quantitative estimate of drug-likeness (QED) is 0.419. The Morgan fingerprint density at radius 2 is 1.97 bits per heavy atom. The fraction of sp³-hybridized carbons (Fsp3) is 0.0556. The van der Waals surface area contributed by atoms with Crippen LogP contribution in [0.4, 0.5) is 25.0 Å². The molecule has 3 amide bonds. The van der Waals surface area contributed by atoms with Crippen LogP contribution in [0.3, 0.4) is 0 Å². The number of aromatic hydroxyl groups is 1. The van der Waals surface area contributed by atoms with Gasteiger partial charge in [0.15, 0.2) is 5.75 Å².